The first kappa shape index (κ1) is 31.2. The molecule has 0 heterocycles. The van der Waals surface area contributed by atoms with E-state index >= 15 is 0 Å². The van der Waals surface area contributed by atoms with E-state index in [0.717, 1.165) is 23.1 Å². The van der Waals surface area contributed by atoms with E-state index in [1.165, 1.54) is 10.6 Å². The van der Waals surface area contributed by atoms with Crippen molar-refractivity contribution in [1.29, 1.82) is 0 Å². The fourth-order valence-electron chi connectivity index (χ4n) is 4.56. The van der Waals surface area contributed by atoms with Crippen LogP contribution in [-0.4, -0.2) is 50.5 Å². The lowest BCUT2D eigenvalue weighted by Crippen LogP contribution is -2.50. The Morgan fingerprint density at radius 1 is 0.950 bits per heavy atom. The molecule has 2 amide bonds. The quantitative estimate of drug-likeness (QED) is 0.277. The number of sulfonamides is 1. The number of aryl methyl sites for hydroxylation is 1. The molecule has 0 aromatic heterocycles. The molecule has 3 aromatic rings. The molecule has 0 saturated heterocycles. The molecule has 0 fully saturated rings. The minimum Gasteiger partial charge on any atom is -0.354 e. The van der Waals surface area contributed by atoms with Gasteiger partial charge in [-0.25, -0.2) is 8.42 Å². The first-order chi connectivity index (χ1) is 19.1. The highest BCUT2D eigenvalue weighted by Gasteiger charge is 2.31. The van der Waals surface area contributed by atoms with Gasteiger partial charge in [0.2, 0.25) is 21.8 Å². The van der Waals surface area contributed by atoms with E-state index in [-0.39, 0.29) is 37.7 Å². The molecular weight excluding hydrogens is 546 g/mol. The molecule has 214 valence electrons. The van der Waals surface area contributed by atoms with Gasteiger partial charge >= 0.3 is 0 Å². The summed E-state index contributed by atoms with van der Waals surface area (Å²) >= 11 is 6.47. The van der Waals surface area contributed by atoms with Crippen molar-refractivity contribution in [2.24, 2.45) is 0 Å². The number of halogens is 1. The summed E-state index contributed by atoms with van der Waals surface area (Å²) in [5, 5.41) is 3.47. The zero-order valence-corrected chi connectivity index (χ0v) is 24.9. The van der Waals surface area contributed by atoms with Gasteiger partial charge in [0.1, 0.15) is 6.04 Å². The number of carbonyl (C=O) groups excluding carboxylic acids is 2. The molecule has 0 aliphatic carbocycles. The maximum atomic E-state index is 13.8. The zero-order valence-electron chi connectivity index (χ0n) is 23.3. The van der Waals surface area contributed by atoms with Crippen LogP contribution < -0.4 is 9.62 Å². The number of nitrogens with zero attached hydrogens (tertiary/aromatic N) is 2. The van der Waals surface area contributed by atoms with Gasteiger partial charge in [0.15, 0.2) is 0 Å². The average Bonchev–Trinajstić information content (AvgIpc) is 2.93. The molecule has 0 aliphatic rings. The van der Waals surface area contributed by atoms with Gasteiger partial charge in [0.05, 0.1) is 11.9 Å². The molecule has 40 heavy (non-hydrogen) atoms. The fourth-order valence-corrected chi connectivity index (χ4v) is 5.77. The van der Waals surface area contributed by atoms with Gasteiger partial charge in [-0.15, -0.1) is 0 Å². The third kappa shape index (κ3) is 8.83. The molecule has 0 saturated carbocycles. The predicted molar refractivity (Wildman–Crippen MR) is 162 cm³/mol. The van der Waals surface area contributed by atoms with Crippen LogP contribution in [0.2, 0.25) is 5.02 Å². The van der Waals surface area contributed by atoms with Crippen molar-refractivity contribution in [2.75, 3.05) is 23.7 Å². The smallest absolute Gasteiger partial charge is 0.243 e. The Morgan fingerprint density at radius 2 is 1.60 bits per heavy atom. The molecule has 0 bridgehead atoms. The van der Waals surface area contributed by atoms with Crippen LogP contribution >= 0.6 is 11.6 Å². The largest absolute Gasteiger partial charge is 0.354 e. The Hall–Kier alpha value is -3.36. The number of benzene rings is 3. The lowest BCUT2D eigenvalue weighted by atomic mass is 10.0. The number of anilines is 1. The Kier molecular flexibility index (Phi) is 11.6. The molecule has 9 heteroatoms. The van der Waals surface area contributed by atoms with E-state index in [4.69, 9.17) is 11.6 Å². The molecule has 3 aromatic carbocycles. The summed E-state index contributed by atoms with van der Waals surface area (Å²) in [6.07, 6.45) is 2.62. The van der Waals surface area contributed by atoms with Crippen molar-refractivity contribution in [3.63, 3.8) is 0 Å². The third-order valence-corrected chi connectivity index (χ3v) is 8.20. The molecule has 7 nitrogen and oxygen atoms in total. The molecule has 1 atom stereocenters. The van der Waals surface area contributed by atoms with Crippen molar-refractivity contribution < 1.29 is 18.0 Å². The topological polar surface area (TPSA) is 86.8 Å². The minimum atomic E-state index is -3.57. The van der Waals surface area contributed by atoms with Gasteiger partial charge < -0.3 is 10.2 Å². The molecule has 3 rings (SSSR count). The lowest BCUT2D eigenvalue weighted by Gasteiger charge is -2.32. The standard InChI is InChI=1S/C31H38ClN3O4S/c1-4-20-33-31(37)29(22-25-14-6-5-7-15-25)34(23-26-16-9-10-17-27(26)32)30(36)19-12-21-35(40(3,38)39)28-18-11-8-13-24(28)2/h5-11,13-18,29H,4,12,19-23H2,1-3H3,(H,33,37). The zero-order chi connectivity index (χ0) is 29.1. The van der Waals surface area contributed by atoms with E-state index in [1.54, 1.807) is 23.1 Å². The van der Waals surface area contributed by atoms with Crippen LogP contribution in [0.3, 0.4) is 0 Å². The maximum Gasteiger partial charge on any atom is 0.243 e. The van der Waals surface area contributed by atoms with Crippen LogP contribution in [0.25, 0.3) is 0 Å². The van der Waals surface area contributed by atoms with Crippen LogP contribution in [0.4, 0.5) is 5.69 Å². The summed E-state index contributed by atoms with van der Waals surface area (Å²) in [6, 6.07) is 23.3. The Labute approximate surface area is 243 Å². The van der Waals surface area contributed by atoms with E-state index in [2.05, 4.69) is 5.32 Å². The molecular formula is C31H38ClN3O4S. The number of para-hydroxylation sites is 1. The molecule has 0 aliphatic heterocycles. The Balaban J connectivity index is 1.89. The maximum absolute atomic E-state index is 13.8. The minimum absolute atomic E-state index is 0.0642. The first-order valence-corrected chi connectivity index (χ1v) is 15.7. The second-order valence-corrected chi connectivity index (χ2v) is 12.1. The van der Waals surface area contributed by atoms with Crippen molar-refractivity contribution in [3.8, 4) is 0 Å². The highest BCUT2D eigenvalue weighted by Crippen LogP contribution is 2.24. The van der Waals surface area contributed by atoms with Crippen molar-refractivity contribution >= 4 is 39.1 Å². The monoisotopic (exact) mass is 583 g/mol. The number of hydrogen-bond donors (Lipinski definition) is 1. The second kappa shape index (κ2) is 14.9. The van der Waals surface area contributed by atoms with Crippen LogP contribution in [0.1, 0.15) is 42.9 Å². The average molecular weight is 584 g/mol. The number of carbonyl (C=O) groups is 2. The van der Waals surface area contributed by atoms with Gasteiger partial charge in [0.25, 0.3) is 0 Å². The fraction of sp³-hybridized carbons (Fsp3) is 0.355. The number of nitrogens with one attached hydrogen (secondary N) is 1. The number of amides is 2. The number of hydrogen-bond acceptors (Lipinski definition) is 4. The van der Waals surface area contributed by atoms with Crippen LogP contribution in [-0.2, 0) is 32.6 Å². The van der Waals surface area contributed by atoms with Gasteiger partial charge in [-0.2, -0.15) is 0 Å². The summed E-state index contributed by atoms with van der Waals surface area (Å²) in [7, 11) is -3.57. The van der Waals surface area contributed by atoms with Gasteiger partial charge in [-0.05, 0) is 48.6 Å². The van der Waals surface area contributed by atoms with Gasteiger partial charge in [0, 0.05) is 37.5 Å². The summed E-state index contributed by atoms with van der Waals surface area (Å²) < 4.78 is 26.6. The predicted octanol–water partition coefficient (Wildman–Crippen LogP) is 5.36. The summed E-state index contributed by atoms with van der Waals surface area (Å²) in [5.41, 5.74) is 3.08. The third-order valence-electron chi connectivity index (χ3n) is 6.66. The van der Waals surface area contributed by atoms with E-state index in [1.807, 2.05) is 74.5 Å². The highest BCUT2D eigenvalue weighted by molar-refractivity contribution is 7.92. The molecule has 0 radical (unpaired) electrons. The normalized spacial score (nSPS) is 12.0. The SMILES string of the molecule is CCCNC(=O)C(Cc1ccccc1)N(Cc1ccccc1Cl)C(=O)CCCN(c1ccccc1C)S(C)(=O)=O. The first-order valence-electron chi connectivity index (χ1n) is 13.5. The number of rotatable bonds is 14. The van der Waals surface area contributed by atoms with Crippen molar-refractivity contribution in [2.45, 2.75) is 52.1 Å². The van der Waals surface area contributed by atoms with Crippen molar-refractivity contribution in [3.05, 3.63) is 101 Å². The van der Waals surface area contributed by atoms with Crippen LogP contribution in [0.5, 0.6) is 0 Å². The summed E-state index contributed by atoms with van der Waals surface area (Å²) in [6.45, 7) is 4.62. The summed E-state index contributed by atoms with van der Waals surface area (Å²) in [4.78, 5) is 28.9. The summed E-state index contributed by atoms with van der Waals surface area (Å²) in [5.74, 6) is -0.477. The molecule has 1 unspecified atom stereocenters. The van der Waals surface area contributed by atoms with Crippen LogP contribution in [0, 0.1) is 6.92 Å². The van der Waals surface area contributed by atoms with E-state index in [9.17, 15) is 18.0 Å². The molecule has 1 N–H and O–H groups in total. The highest BCUT2D eigenvalue weighted by atomic mass is 35.5. The van der Waals surface area contributed by atoms with E-state index < -0.39 is 16.1 Å². The van der Waals surface area contributed by atoms with Crippen molar-refractivity contribution in [1.82, 2.24) is 10.2 Å². The van der Waals surface area contributed by atoms with Crippen LogP contribution in [0.15, 0.2) is 78.9 Å². The van der Waals surface area contributed by atoms with Gasteiger partial charge in [-0.1, -0.05) is 85.3 Å². The molecule has 0 spiro atoms. The second-order valence-electron chi connectivity index (χ2n) is 9.83. The van der Waals surface area contributed by atoms with Gasteiger partial charge in [-0.3, -0.25) is 13.9 Å². The van der Waals surface area contributed by atoms with E-state index in [0.29, 0.717) is 23.7 Å². The lowest BCUT2D eigenvalue weighted by molar-refractivity contribution is -0.141. The Bertz CT molecular complexity index is 1380. The Morgan fingerprint density at radius 3 is 2.25 bits per heavy atom.